The fraction of sp³-hybridized carbons (Fsp3) is 0.538. The maximum absolute atomic E-state index is 5.54. The summed E-state index contributed by atoms with van der Waals surface area (Å²) in [6.45, 7) is 2.49. The second-order valence-corrected chi connectivity index (χ2v) is 5.52. The van der Waals surface area contributed by atoms with Gasteiger partial charge in [0.05, 0.1) is 17.6 Å². The lowest BCUT2D eigenvalue weighted by Crippen LogP contribution is -2.33. The van der Waals surface area contributed by atoms with Gasteiger partial charge in [0.2, 0.25) is 0 Å². The molecule has 0 radical (unpaired) electrons. The maximum Gasteiger partial charge on any atom is 0.122 e. The molecule has 0 amide bonds. The zero-order valence-electron chi connectivity index (χ0n) is 10.3. The van der Waals surface area contributed by atoms with E-state index in [-0.39, 0.29) is 0 Å². The Bertz CT molecular complexity index is 445. The monoisotopic (exact) mass is 262 g/mol. The Labute approximate surface area is 113 Å². The molecule has 2 fully saturated rings. The molecular weight excluding hydrogens is 244 g/mol. The minimum Gasteiger partial charge on any atom is -0.388 e. The minimum absolute atomic E-state index is 0.351. The lowest BCUT2D eigenvalue weighted by molar-refractivity contribution is 0.318. The van der Waals surface area contributed by atoms with E-state index in [0.717, 1.165) is 5.69 Å². The fourth-order valence-corrected chi connectivity index (χ4v) is 3.21. The summed E-state index contributed by atoms with van der Waals surface area (Å²) in [6.07, 6.45) is 5.70. The van der Waals surface area contributed by atoms with Crippen LogP contribution in [0.3, 0.4) is 0 Å². The number of anilines is 1. The number of fused-ring (bicyclic) bond motifs is 1. The number of nitrogens with zero attached hydrogens (tertiary/aromatic N) is 2. The van der Waals surface area contributed by atoms with Gasteiger partial charge in [-0.15, -0.1) is 0 Å². The zero-order chi connectivity index (χ0) is 12.5. The van der Waals surface area contributed by atoms with Crippen LogP contribution in [-0.4, -0.2) is 40.0 Å². The lowest BCUT2D eigenvalue weighted by atomic mass is 10.1. The molecule has 4 nitrogen and oxygen atoms in total. The first-order chi connectivity index (χ1) is 8.74. The summed E-state index contributed by atoms with van der Waals surface area (Å²) < 4.78 is 0. The molecule has 3 heterocycles. The van der Waals surface area contributed by atoms with E-state index in [1.54, 1.807) is 0 Å². The van der Waals surface area contributed by atoms with Crippen molar-refractivity contribution in [3.8, 4) is 0 Å². The largest absolute Gasteiger partial charge is 0.388 e. The summed E-state index contributed by atoms with van der Waals surface area (Å²) in [7, 11) is 0. The molecule has 96 valence electrons. The molecule has 0 saturated carbocycles. The van der Waals surface area contributed by atoms with E-state index in [0.29, 0.717) is 22.8 Å². The Hall–Kier alpha value is -1.20. The Morgan fingerprint density at radius 1 is 1.39 bits per heavy atom. The van der Waals surface area contributed by atoms with E-state index < -0.39 is 0 Å². The highest BCUT2D eigenvalue weighted by atomic mass is 32.1. The van der Waals surface area contributed by atoms with Crippen molar-refractivity contribution in [1.29, 1.82) is 0 Å². The first-order valence-electron chi connectivity index (χ1n) is 6.50. The van der Waals surface area contributed by atoms with Gasteiger partial charge in [0.1, 0.15) is 4.99 Å². The highest BCUT2D eigenvalue weighted by molar-refractivity contribution is 7.80. The van der Waals surface area contributed by atoms with Crippen molar-refractivity contribution in [1.82, 2.24) is 9.88 Å². The number of pyridine rings is 1. The molecule has 18 heavy (non-hydrogen) atoms. The number of rotatable bonds is 3. The fourth-order valence-electron chi connectivity index (χ4n) is 3.09. The highest BCUT2D eigenvalue weighted by Crippen LogP contribution is 2.29. The van der Waals surface area contributed by atoms with E-state index in [1.807, 2.05) is 18.3 Å². The standard InChI is InChI=1S/C13H18N4S/c14-13(18)11-4-3-9(8-15-11)16-10-5-7-17-6-1-2-12(10)17/h3-4,8,10,12,16H,1-2,5-7H2,(H2,14,18). The predicted molar refractivity (Wildman–Crippen MR) is 76.7 cm³/mol. The van der Waals surface area contributed by atoms with Crippen molar-refractivity contribution < 1.29 is 0 Å². The van der Waals surface area contributed by atoms with E-state index >= 15 is 0 Å². The molecule has 0 aromatic carbocycles. The van der Waals surface area contributed by atoms with Gasteiger partial charge in [0.15, 0.2) is 0 Å². The van der Waals surface area contributed by atoms with Crippen molar-refractivity contribution in [2.45, 2.75) is 31.3 Å². The van der Waals surface area contributed by atoms with Crippen molar-refractivity contribution in [2.75, 3.05) is 18.4 Å². The molecule has 2 aliphatic heterocycles. The van der Waals surface area contributed by atoms with Crippen LogP contribution in [0.4, 0.5) is 5.69 Å². The summed E-state index contributed by atoms with van der Waals surface area (Å²) in [6, 6.07) is 5.16. The van der Waals surface area contributed by atoms with Crippen molar-refractivity contribution in [3.63, 3.8) is 0 Å². The smallest absolute Gasteiger partial charge is 0.122 e. The summed E-state index contributed by atoms with van der Waals surface area (Å²) in [4.78, 5) is 7.21. The number of hydrogen-bond acceptors (Lipinski definition) is 4. The van der Waals surface area contributed by atoms with Gasteiger partial charge in [-0.05, 0) is 37.9 Å². The van der Waals surface area contributed by atoms with Gasteiger partial charge in [0.25, 0.3) is 0 Å². The molecule has 3 N–H and O–H groups in total. The number of thiocarbonyl (C=S) groups is 1. The van der Waals surface area contributed by atoms with Crippen LogP contribution in [0, 0.1) is 0 Å². The average Bonchev–Trinajstić information content (AvgIpc) is 2.95. The average molecular weight is 262 g/mol. The Kier molecular flexibility index (Phi) is 3.18. The molecule has 0 bridgehead atoms. The number of nitrogens with two attached hydrogens (primary N) is 1. The van der Waals surface area contributed by atoms with Crippen LogP contribution < -0.4 is 11.1 Å². The molecule has 2 saturated heterocycles. The van der Waals surface area contributed by atoms with Crippen molar-refractivity contribution in [2.24, 2.45) is 5.73 Å². The molecule has 0 spiro atoms. The van der Waals surface area contributed by atoms with Gasteiger partial charge in [-0.2, -0.15) is 0 Å². The quantitative estimate of drug-likeness (QED) is 0.806. The first-order valence-corrected chi connectivity index (χ1v) is 6.91. The van der Waals surface area contributed by atoms with Gasteiger partial charge in [-0.1, -0.05) is 12.2 Å². The highest BCUT2D eigenvalue weighted by Gasteiger charge is 2.36. The van der Waals surface area contributed by atoms with Crippen LogP contribution in [0.5, 0.6) is 0 Å². The molecule has 1 aromatic heterocycles. The van der Waals surface area contributed by atoms with Crippen LogP contribution in [0.25, 0.3) is 0 Å². The predicted octanol–water partition coefficient (Wildman–Crippen LogP) is 1.36. The third-order valence-corrected chi connectivity index (χ3v) is 4.18. The van der Waals surface area contributed by atoms with E-state index in [1.165, 1.54) is 32.4 Å². The first kappa shape index (κ1) is 11.9. The van der Waals surface area contributed by atoms with Crippen LogP contribution >= 0.6 is 12.2 Å². The Balaban J connectivity index is 1.67. The summed E-state index contributed by atoms with van der Waals surface area (Å²) in [5, 5.41) is 3.59. The van der Waals surface area contributed by atoms with Crippen molar-refractivity contribution in [3.05, 3.63) is 24.0 Å². The van der Waals surface area contributed by atoms with Crippen LogP contribution in [0.2, 0.25) is 0 Å². The second-order valence-electron chi connectivity index (χ2n) is 5.08. The van der Waals surface area contributed by atoms with E-state index in [2.05, 4.69) is 15.2 Å². The van der Waals surface area contributed by atoms with Crippen molar-refractivity contribution >= 4 is 22.9 Å². The van der Waals surface area contributed by atoms with E-state index in [9.17, 15) is 0 Å². The second kappa shape index (κ2) is 4.82. The molecular formula is C13H18N4S. The minimum atomic E-state index is 0.351. The Morgan fingerprint density at radius 2 is 2.28 bits per heavy atom. The van der Waals surface area contributed by atoms with Crippen LogP contribution in [-0.2, 0) is 0 Å². The number of aromatic nitrogens is 1. The molecule has 3 rings (SSSR count). The lowest BCUT2D eigenvalue weighted by Gasteiger charge is -2.22. The topological polar surface area (TPSA) is 54.2 Å². The third-order valence-electron chi connectivity index (χ3n) is 3.97. The summed E-state index contributed by atoms with van der Waals surface area (Å²) in [5.74, 6) is 0. The summed E-state index contributed by atoms with van der Waals surface area (Å²) >= 11 is 4.90. The van der Waals surface area contributed by atoms with Gasteiger partial charge in [-0.25, -0.2) is 0 Å². The molecule has 0 aliphatic carbocycles. The van der Waals surface area contributed by atoms with Gasteiger partial charge >= 0.3 is 0 Å². The molecule has 2 atom stereocenters. The number of nitrogens with one attached hydrogen (secondary N) is 1. The van der Waals surface area contributed by atoms with Gasteiger partial charge in [-0.3, -0.25) is 9.88 Å². The normalized spacial score (nSPS) is 27.1. The zero-order valence-corrected chi connectivity index (χ0v) is 11.1. The molecule has 1 aromatic rings. The third kappa shape index (κ3) is 2.20. The Morgan fingerprint density at radius 3 is 3.00 bits per heavy atom. The SMILES string of the molecule is NC(=S)c1ccc(NC2CCN3CCCC23)cn1. The maximum atomic E-state index is 5.54. The van der Waals surface area contributed by atoms with Gasteiger partial charge in [0, 0.05) is 18.6 Å². The van der Waals surface area contributed by atoms with Crippen LogP contribution in [0.1, 0.15) is 25.0 Å². The molecule has 2 aliphatic rings. The van der Waals surface area contributed by atoms with E-state index in [4.69, 9.17) is 18.0 Å². The van der Waals surface area contributed by atoms with Crippen LogP contribution in [0.15, 0.2) is 18.3 Å². The number of hydrogen-bond donors (Lipinski definition) is 2. The summed E-state index contributed by atoms with van der Waals surface area (Å²) in [5.41, 5.74) is 7.29. The van der Waals surface area contributed by atoms with Gasteiger partial charge < -0.3 is 11.1 Å². The molecule has 5 heteroatoms. The molecule has 2 unspecified atom stereocenters.